The Kier molecular flexibility index (Phi) is 4.87. The maximum atomic E-state index is 11.4. The summed E-state index contributed by atoms with van der Waals surface area (Å²) in [6, 6.07) is 15.1. The topological polar surface area (TPSA) is 120 Å². The van der Waals surface area contributed by atoms with Gasteiger partial charge in [-0.3, -0.25) is 4.79 Å². The molecule has 1 amide bonds. The highest BCUT2D eigenvalue weighted by Gasteiger charge is 2.26. The first kappa shape index (κ1) is 18.5. The first-order chi connectivity index (χ1) is 14.0. The van der Waals surface area contributed by atoms with E-state index in [0.717, 1.165) is 29.7 Å². The Hall–Kier alpha value is -3.86. The highest BCUT2D eigenvalue weighted by Crippen LogP contribution is 2.29. The number of aromatic nitrogens is 2. The summed E-state index contributed by atoms with van der Waals surface area (Å²) in [4.78, 5) is 22.9. The number of para-hydroxylation sites is 1. The second kappa shape index (κ2) is 7.64. The minimum atomic E-state index is -0.0262. The Morgan fingerprint density at radius 1 is 1.28 bits per heavy atom. The smallest absolute Gasteiger partial charge is 0.229 e. The van der Waals surface area contributed by atoms with Gasteiger partial charge in [-0.2, -0.15) is 10.2 Å². The van der Waals surface area contributed by atoms with Crippen LogP contribution in [-0.4, -0.2) is 35.0 Å². The maximum Gasteiger partial charge on any atom is 0.229 e. The first-order valence-corrected chi connectivity index (χ1v) is 9.38. The number of carbonyl (C=O) groups excluding carboxylic acids is 1. The molecule has 1 aliphatic heterocycles. The van der Waals surface area contributed by atoms with Gasteiger partial charge in [-0.15, -0.1) is 0 Å². The van der Waals surface area contributed by atoms with Crippen LogP contribution in [0.5, 0.6) is 0 Å². The summed E-state index contributed by atoms with van der Waals surface area (Å²) >= 11 is 0. The number of benzene rings is 2. The van der Waals surface area contributed by atoms with E-state index in [9.17, 15) is 4.79 Å². The quantitative estimate of drug-likeness (QED) is 0.588. The predicted molar refractivity (Wildman–Crippen MR) is 113 cm³/mol. The Bertz CT molecular complexity index is 1120. The molecular formula is C21H21N7O. The number of nitrogens with zero attached hydrogens (tertiary/aromatic N) is 4. The molecule has 8 nitrogen and oxygen atoms in total. The zero-order valence-corrected chi connectivity index (χ0v) is 16.0. The number of hydrogen-bond donors (Lipinski definition) is 3. The van der Waals surface area contributed by atoms with E-state index in [4.69, 9.17) is 16.0 Å². The fourth-order valence-corrected chi connectivity index (χ4v) is 3.63. The largest absolute Gasteiger partial charge is 0.399 e. The Morgan fingerprint density at radius 2 is 2.10 bits per heavy atom. The van der Waals surface area contributed by atoms with Crippen molar-refractivity contribution in [1.29, 1.82) is 5.26 Å². The van der Waals surface area contributed by atoms with E-state index in [-0.39, 0.29) is 11.9 Å². The van der Waals surface area contributed by atoms with Gasteiger partial charge in [0.2, 0.25) is 11.9 Å². The van der Waals surface area contributed by atoms with Crippen molar-refractivity contribution in [1.82, 2.24) is 15.3 Å². The van der Waals surface area contributed by atoms with E-state index < -0.39 is 0 Å². The van der Waals surface area contributed by atoms with Crippen LogP contribution in [0.1, 0.15) is 18.9 Å². The Morgan fingerprint density at radius 3 is 2.90 bits per heavy atom. The number of carbonyl (C=O) groups is 1. The van der Waals surface area contributed by atoms with Crippen LogP contribution >= 0.6 is 0 Å². The second-order valence-corrected chi connectivity index (χ2v) is 7.10. The molecule has 3 aromatic rings. The van der Waals surface area contributed by atoms with Gasteiger partial charge in [0.15, 0.2) is 0 Å². The van der Waals surface area contributed by atoms with Crippen molar-refractivity contribution in [3.05, 3.63) is 48.0 Å². The molecule has 1 atom stereocenters. The first-order valence-electron chi connectivity index (χ1n) is 9.38. The number of nitriles is 1. The van der Waals surface area contributed by atoms with E-state index in [2.05, 4.69) is 26.6 Å². The second-order valence-electron chi connectivity index (χ2n) is 7.10. The van der Waals surface area contributed by atoms with Gasteiger partial charge in [-0.1, -0.05) is 12.1 Å². The highest BCUT2D eigenvalue weighted by atomic mass is 16.1. The van der Waals surface area contributed by atoms with Crippen LogP contribution in [0.2, 0.25) is 0 Å². The molecule has 1 aromatic heterocycles. The Balaban J connectivity index is 1.69. The summed E-state index contributed by atoms with van der Waals surface area (Å²) in [7, 11) is 0. The molecule has 0 unspecified atom stereocenters. The van der Waals surface area contributed by atoms with Gasteiger partial charge in [0.05, 0.1) is 17.1 Å². The van der Waals surface area contributed by atoms with E-state index in [1.54, 1.807) is 18.2 Å². The number of nitrogen functional groups attached to an aromatic ring is 1. The summed E-state index contributed by atoms with van der Waals surface area (Å²) in [5.74, 6) is 1.22. The Labute approximate surface area is 168 Å². The summed E-state index contributed by atoms with van der Waals surface area (Å²) < 4.78 is 0. The number of hydrogen-bond acceptors (Lipinski definition) is 7. The monoisotopic (exact) mass is 387 g/mol. The van der Waals surface area contributed by atoms with Crippen LogP contribution < -0.4 is 21.3 Å². The van der Waals surface area contributed by atoms with Crippen LogP contribution in [0.25, 0.3) is 10.9 Å². The van der Waals surface area contributed by atoms with E-state index >= 15 is 0 Å². The lowest BCUT2D eigenvalue weighted by atomic mass is 10.2. The highest BCUT2D eigenvalue weighted by molar-refractivity contribution is 5.91. The zero-order chi connectivity index (χ0) is 20.4. The van der Waals surface area contributed by atoms with Crippen molar-refractivity contribution in [2.75, 3.05) is 29.0 Å². The van der Waals surface area contributed by atoms with Gasteiger partial charge in [0.1, 0.15) is 5.82 Å². The lowest BCUT2D eigenvalue weighted by molar-refractivity contribution is -0.119. The molecule has 8 heteroatoms. The van der Waals surface area contributed by atoms with Crippen LogP contribution in [-0.2, 0) is 4.79 Å². The molecule has 1 aliphatic rings. The van der Waals surface area contributed by atoms with Gasteiger partial charge < -0.3 is 21.3 Å². The molecule has 0 aliphatic carbocycles. The van der Waals surface area contributed by atoms with Crippen molar-refractivity contribution in [3.63, 3.8) is 0 Å². The molecule has 1 saturated heterocycles. The van der Waals surface area contributed by atoms with Gasteiger partial charge in [-0.05, 0) is 36.8 Å². The molecule has 2 heterocycles. The number of nitrogens with two attached hydrogens (primary N) is 1. The average Bonchev–Trinajstić information content (AvgIpc) is 3.14. The maximum absolute atomic E-state index is 11.4. The molecule has 4 rings (SSSR count). The summed E-state index contributed by atoms with van der Waals surface area (Å²) in [5.41, 5.74) is 8.31. The summed E-state index contributed by atoms with van der Waals surface area (Å²) in [6.45, 7) is 3.02. The normalized spacial score (nSPS) is 15.9. The van der Waals surface area contributed by atoms with Crippen LogP contribution in [0.4, 0.5) is 23.1 Å². The van der Waals surface area contributed by atoms with Gasteiger partial charge in [0.25, 0.3) is 0 Å². The average molecular weight is 387 g/mol. The molecule has 1 fully saturated rings. The number of amides is 1. The molecular weight excluding hydrogens is 366 g/mol. The lowest BCUT2D eigenvalue weighted by Crippen LogP contribution is -2.35. The molecule has 0 bridgehead atoms. The van der Waals surface area contributed by atoms with Crippen LogP contribution in [0.15, 0.2) is 42.5 Å². The predicted octanol–water partition coefficient (Wildman–Crippen LogP) is 2.54. The summed E-state index contributed by atoms with van der Waals surface area (Å²) in [5, 5.41) is 16.3. The number of rotatable bonds is 4. The van der Waals surface area contributed by atoms with E-state index in [0.29, 0.717) is 29.4 Å². The van der Waals surface area contributed by atoms with Gasteiger partial charge >= 0.3 is 0 Å². The summed E-state index contributed by atoms with van der Waals surface area (Å²) in [6.07, 6.45) is 0.863. The van der Waals surface area contributed by atoms with Crippen molar-refractivity contribution in [2.45, 2.75) is 19.4 Å². The molecule has 0 saturated carbocycles. The third-order valence-corrected chi connectivity index (χ3v) is 4.82. The molecule has 146 valence electrons. The van der Waals surface area contributed by atoms with Crippen LogP contribution in [0, 0.1) is 11.3 Å². The molecule has 29 heavy (non-hydrogen) atoms. The third kappa shape index (κ3) is 4.04. The zero-order valence-electron chi connectivity index (χ0n) is 16.0. The van der Waals surface area contributed by atoms with Crippen molar-refractivity contribution < 1.29 is 4.79 Å². The van der Waals surface area contributed by atoms with Gasteiger partial charge in [0, 0.05) is 42.8 Å². The lowest BCUT2D eigenvalue weighted by Gasteiger charge is -2.20. The molecule has 4 N–H and O–H groups in total. The van der Waals surface area contributed by atoms with E-state index in [1.165, 1.54) is 6.92 Å². The minimum Gasteiger partial charge on any atom is -0.399 e. The number of nitrogens with one attached hydrogen (secondary N) is 2. The number of fused-ring (bicyclic) bond motifs is 1. The molecule has 0 radical (unpaired) electrons. The fraction of sp³-hybridized carbons (Fsp3) is 0.238. The third-order valence-electron chi connectivity index (χ3n) is 4.82. The van der Waals surface area contributed by atoms with Crippen LogP contribution in [0.3, 0.4) is 0 Å². The molecule has 0 spiro atoms. The van der Waals surface area contributed by atoms with Crippen molar-refractivity contribution in [2.24, 2.45) is 0 Å². The minimum absolute atomic E-state index is 0.0262. The van der Waals surface area contributed by atoms with Crippen molar-refractivity contribution in [3.8, 4) is 6.07 Å². The van der Waals surface area contributed by atoms with E-state index in [1.807, 2.05) is 24.3 Å². The van der Waals surface area contributed by atoms with Gasteiger partial charge in [-0.25, -0.2) is 4.98 Å². The number of anilines is 4. The van der Waals surface area contributed by atoms with Crippen molar-refractivity contribution >= 4 is 40.0 Å². The fourth-order valence-electron chi connectivity index (χ4n) is 3.63. The molecule has 2 aromatic carbocycles. The standard InChI is InChI=1S/C21H21N7O/c1-13(29)24-16-6-7-28(12-16)20-18-4-2-3-5-19(18)26-21(27-20)25-17-9-14(11-22)8-15(23)10-17/h2-5,8-10,16H,6-7,12,23H2,1H3,(H,24,29)(H,25,26,27)/t16-/m0/s1. The SMILES string of the molecule is CC(=O)N[C@H]1CCN(c2nc(Nc3cc(N)cc(C#N)c3)nc3ccccc23)C1.